The van der Waals surface area contributed by atoms with Gasteiger partial charge in [-0.2, -0.15) is 0 Å². The summed E-state index contributed by atoms with van der Waals surface area (Å²) in [6.07, 6.45) is 3.86. The monoisotopic (exact) mass is 254 g/mol. The van der Waals surface area contributed by atoms with E-state index in [1.165, 1.54) is 0 Å². The van der Waals surface area contributed by atoms with Crippen molar-refractivity contribution in [1.82, 2.24) is 9.97 Å². The van der Waals surface area contributed by atoms with Crippen molar-refractivity contribution >= 4 is 23.2 Å². The summed E-state index contributed by atoms with van der Waals surface area (Å²) in [5.74, 6) is 0.523. The molecular formula is C11H18N4OS. The van der Waals surface area contributed by atoms with Crippen LogP contribution in [0.15, 0.2) is 12.3 Å². The van der Waals surface area contributed by atoms with Crippen molar-refractivity contribution in [1.29, 1.82) is 0 Å². The number of thiocarbonyl (C=S) groups is 1. The molecule has 1 heterocycles. The second kappa shape index (κ2) is 7.92. The number of hydrogen-bond donors (Lipinski definition) is 2. The maximum absolute atomic E-state index is 5.48. The molecule has 5 nitrogen and oxygen atoms in total. The molecule has 1 aromatic rings. The van der Waals surface area contributed by atoms with Crippen molar-refractivity contribution in [2.24, 2.45) is 5.73 Å². The van der Waals surface area contributed by atoms with Gasteiger partial charge >= 0.3 is 0 Å². The minimum atomic E-state index is 0.273. The zero-order valence-electron chi connectivity index (χ0n) is 9.98. The summed E-state index contributed by atoms with van der Waals surface area (Å²) in [6.45, 7) is 4.24. The van der Waals surface area contributed by atoms with Crippen molar-refractivity contribution in [2.45, 2.75) is 19.8 Å². The lowest BCUT2D eigenvalue weighted by Crippen LogP contribution is -2.16. The van der Waals surface area contributed by atoms with E-state index >= 15 is 0 Å². The lowest BCUT2D eigenvalue weighted by atomic mass is 10.4. The number of nitrogens with one attached hydrogen (secondary N) is 1. The van der Waals surface area contributed by atoms with E-state index in [1.54, 1.807) is 12.3 Å². The number of nitrogens with zero attached hydrogens (tertiary/aromatic N) is 2. The van der Waals surface area contributed by atoms with Gasteiger partial charge in [0.05, 0.1) is 6.61 Å². The zero-order valence-corrected chi connectivity index (χ0v) is 10.8. The average molecular weight is 254 g/mol. The first-order valence-corrected chi connectivity index (χ1v) is 6.09. The van der Waals surface area contributed by atoms with Crippen molar-refractivity contribution < 1.29 is 4.74 Å². The quantitative estimate of drug-likeness (QED) is 0.539. The fourth-order valence-electron chi connectivity index (χ4n) is 1.16. The fourth-order valence-corrected chi connectivity index (χ4v) is 1.28. The highest BCUT2D eigenvalue weighted by Crippen LogP contribution is 1.99. The Kier molecular flexibility index (Phi) is 6.42. The second-order valence-electron chi connectivity index (χ2n) is 3.52. The molecule has 0 aliphatic rings. The molecule has 94 valence electrons. The lowest BCUT2D eigenvalue weighted by Gasteiger charge is -2.06. The summed E-state index contributed by atoms with van der Waals surface area (Å²) in [7, 11) is 0. The van der Waals surface area contributed by atoms with E-state index in [2.05, 4.69) is 22.2 Å². The number of rotatable bonds is 8. The van der Waals surface area contributed by atoms with Gasteiger partial charge in [0, 0.05) is 19.3 Å². The molecule has 0 amide bonds. The number of aromatic nitrogens is 2. The molecule has 0 saturated heterocycles. The maximum Gasteiger partial charge on any atom is 0.223 e. The summed E-state index contributed by atoms with van der Waals surface area (Å²) in [4.78, 5) is 8.50. The summed E-state index contributed by atoms with van der Waals surface area (Å²) in [5, 5.41) is 3.05. The van der Waals surface area contributed by atoms with Gasteiger partial charge in [-0.3, -0.25) is 0 Å². The van der Waals surface area contributed by atoms with Crippen LogP contribution in [0.4, 0.5) is 5.95 Å². The smallest absolute Gasteiger partial charge is 0.223 e. The van der Waals surface area contributed by atoms with E-state index in [-0.39, 0.29) is 4.99 Å². The van der Waals surface area contributed by atoms with Crippen LogP contribution in [0.1, 0.15) is 25.5 Å². The first kappa shape index (κ1) is 13.8. The predicted octanol–water partition coefficient (Wildman–Crippen LogP) is 1.34. The van der Waals surface area contributed by atoms with E-state index in [0.717, 1.165) is 19.4 Å². The number of unbranched alkanes of at least 4 members (excludes halogenated alkanes) is 1. The highest BCUT2D eigenvalue weighted by molar-refractivity contribution is 7.80. The van der Waals surface area contributed by atoms with Gasteiger partial charge in [-0.25, -0.2) is 9.97 Å². The Hall–Kier alpha value is -1.27. The van der Waals surface area contributed by atoms with Gasteiger partial charge in [0.1, 0.15) is 10.7 Å². The first-order chi connectivity index (χ1) is 8.24. The Morgan fingerprint density at radius 3 is 3.06 bits per heavy atom. The molecule has 6 heteroatoms. The normalized spacial score (nSPS) is 10.2. The molecule has 3 N–H and O–H groups in total. The van der Waals surface area contributed by atoms with E-state index in [1.807, 2.05) is 0 Å². The number of hydrogen-bond acceptors (Lipinski definition) is 5. The van der Waals surface area contributed by atoms with Crippen LogP contribution in [0.5, 0.6) is 0 Å². The van der Waals surface area contributed by atoms with E-state index < -0.39 is 0 Å². The van der Waals surface area contributed by atoms with Gasteiger partial charge in [-0.05, 0) is 12.5 Å². The maximum atomic E-state index is 5.48. The summed E-state index contributed by atoms with van der Waals surface area (Å²) < 4.78 is 5.40. The van der Waals surface area contributed by atoms with Crippen molar-refractivity contribution in [3.05, 3.63) is 18.0 Å². The Morgan fingerprint density at radius 1 is 1.53 bits per heavy atom. The highest BCUT2D eigenvalue weighted by Gasteiger charge is 2.00. The Morgan fingerprint density at radius 2 is 2.35 bits per heavy atom. The van der Waals surface area contributed by atoms with Crippen LogP contribution in [0, 0.1) is 0 Å². The van der Waals surface area contributed by atoms with Crippen molar-refractivity contribution in [3.8, 4) is 0 Å². The highest BCUT2D eigenvalue weighted by atomic mass is 32.1. The standard InChI is InChI=1S/C11H18N4OS/c1-2-3-7-16-8-6-14-11-13-5-4-9(15-11)10(12)17/h4-5H,2-3,6-8H2,1H3,(H2,12,17)(H,13,14,15). The van der Waals surface area contributed by atoms with Crippen molar-refractivity contribution in [2.75, 3.05) is 25.1 Å². The van der Waals surface area contributed by atoms with Crippen LogP contribution in [0.2, 0.25) is 0 Å². The van der Waals surface area contributed by atoms with Gasteiger partial charge in [-0.1, -0.05) is 25.6 Å². The predicted molar refractivity (Wildman–Crippen MR) is 72.1 cm³/mol. The Bertz CT molecular complexity index is 359. The third kappa shape index (κ3) is 5.55. The van der Waals surface area contributed by atoms with Gasteiger partial charge < -0.3 is 15.8 Å². The number of nitrogens with two attached hydrogens (primary N) is 1. The summed E-state index contributed by atoms with van der Waals surface area (Å²) in [5.41, 5.74) is 6.05. The number of anilines is 1. The molecule has 0 aromatic carbocycles. The molecule has 1 aromatic heterocycles. The summed E-state index contributed by atoms with van der Waals surface area (Å²) in [6, 6.07) is 1.69. The van der Waals surface area contributed by atoms with E-state index in [9.17, 15) is 0 Å². The minimum absolute atomic E-state index is 0.273. The minimum Gasteiger partial charge on any atom is -0.388 e. The molecule has 0 spiro atoms. The van der Waals surface area contributed by atoms with Gasteiger partial charge in [0.15, 0.2) is 0 Å². The molecule has 0 atom stereocenters. The van der Waals surface area contributed by atoms with Crippen LogP contribution >= 0.6 is 12.2 Å². The molecule has 0 saturated carbocycles. The van der Waals surface area contributed by atoms with Gasteiger partial charge in [0.25, 0.3) is 0 Å². The molecule has 0 unspecified atom stereocenters. The Balaban J connectivity index is 2.27. The van der Waals surface area contributed by atoms with Crippen LogP contribution in [-0.4, -0.2) is 34.7 Å². The largest absolute Gasteiger partial charge is 0.388 e. The summed E-state index contributed by atoms with van der Waals surface area (Å²) >= 11 is 4.84. The molecule has 1 rings (SSSR count). The topological polar surface area (TPSA) is 73.1 Å². The average Bonchev–Trinajstić information content (AvgIpc) is 2.34. The Labute approximate surface area is 107 Å². The molecular weight excluding hydrogens is 236 g/mol. The van der Waals surface area contributed by atoms with Gasteiger partial charge in [-0.15, -0.1) is 0 Å². The lowest BCUT2D eigenvalue weighted by molar-refractivity contribution is 0.141. The molecule has 0 aliphatic carbocycles. The third-order valence-corrected chi connectivity index (χ3v) is 2.29. The molecule has 0 bridgehead atoms. The molecule has 0 aliphatic heterocycles. The van der Waals surface area contributed by atoms with Gasteiger partial charge in [0.2, 0.25) is 5.95 Å². The first-order valence-electron chi connectivity index (χ1n) is 5.68. The molecule has 17 heavy (non-hydrogen) atoms. The second-order valence-corrected chi connectivity index (χ2v) is 3.96. The molecule has 0 fully saturated rings. The SMILES string of the molecule is CCCCOCCNc1nccc(C(N)=S)n1. The van der Waals surface area contributed by atoms with Crippen LogP contribution in [0.25, 0.3) is 0 Å². The van der Waals surface area contributed by atoms with E-state index in [4.69, 9.17) is 22.7 Å². The van der Waals surface area contributed by atoms with Crippen LogP contribution in [-0.2, 0) is 4.74 Å². The van der Waals surface area contributed by atoms with Crippen LogP contribution in [0.3, 0.4) is 0 Å². The molecule has 0 radical (unpaired) electrons. The number of ether oxygens (including phenoxy) is 1. The van der Waals surface area contributed by atoms with Crippen molar-refractivity contribution in [3.63, 3.8) is 0 Å². The van der Waals surface area contributed by atoms with E-state index in [0.29, 0.717) is 24.8 Å². The van der Waals surface area contributed by atoms with Crippen LogP contribution < -0.4 is 11.1 Å². The fraction of sp³-hybridized carbons (Fsp3) is 0.545. The zero-order chi connectivity index (χ0) is 12.5. The third-order valence-electron chi connectivity index (χ3n) is 2.08.